The van der Waals surface area contributed by atoms with Gasteiger partial charge in [0.15, 0.2) is 0 Å². The lowest BCUT2D eigenvalue weighted by molar-refractivity contribution is 0.0943. The Bertz CT molecular complexity index is 1760. The van der Waals surface area contributed by atoms with Crippen LogP contribution in [-0.4, -0.2) is 35.1 Å². The van der Waals surface area contributed by atoms with Gasteiger partial charge >= 0.3 is 0 Å². The van der Waals surface area contributed by atoms with E-state index in [0.29, 0.717) is 43.7 Å². The second-order valence-corrected chi connectivity index (χ2v) is 11.8. The molecule has 3 aromatic carbocycles. The molecule has 0 saturated heterocycles. The molecule has 2 heterocycles. The first-order valence-corrected chi connectivity index (χ1v) is 15.7. The van der Waals surface area contributed by atoms with Gasteiger partial charge in [0, 0.05) is 22.5 Å². The molecule has 5 rings (SSSR count). The molecule has 0 radical (unpaired) electrons. The molecule has 46 heavy (non-hydrogen) atoms. The molecule has 5 aromatic rings. The van der Waals surface area contributed by atoms with Gasteiger partial charge in [-0.1, -0.05) is 36.4 Å². The van der Waals surface area contributed by atoms with Crippen molar-refractivity contribution in [1.82, 2.24) is 10.9 Å². The number of rotatable bonds is 10. The highest BCUT2D eigenvalue weighted by atomic mass is 32.1. The summed E-state index contributed by atoms with van der Waals surface area (Å²) in [6, 6.07) is 27.5. The number of thiophene rings is 2. The minimum absolute atomic E-state index is 0.174. The first-order chi connectivity index (χ1) is 22.3. The van der Waals surface area contributed by atoms with Crippen LogP contribution < -0.4 is 21.5 Å². The van der Waals surface area contributed by atoms with Gasteiger partial charge in [-0.3, -0.25) is 19.2 Å². The number of nitrogens with zero attached hydrogens (tertiary/aromatic N) is 2. The number of nitrogens with one attached hydrogen (secondary N) is 4. The van der Waals surface area contributed by atoms with Crippen LogP contribution in [0.3, 0.4) is 0 Å². The van der Waals surface area contributed by atoms with Crippen LogP contribution in [0.15, 0.2) is 118 Å². The topological polar surface area (TPSA) is 141 Å². The minimum atomic E-state index is -0.435. The molecule has 0 unspecified atom stereocenters. The van der Waals surface area contributed by atoms with Gasteiger partial charge in [0.1, 0.15) is 0 Å². The Morgan fingerprint density at radius 3 is 1.15 bits per heavy atom. The van der Waals surface area contributed by atoms with E-state index in [1.165, 1.54) is 46.9 Å². The fraction of sp³-hybridized carbons (Fsp3) is 0.0588. The molecule has 0 aliphatic heterocycles. The Morgan fingerprint density at radius 2 is 0.826 bits per heavy atom. The average Bonchev–Trinajstić information content (AvgIpc) is 3.82. The maximum Gasteiger partial charge on any atom is 0.271 e. The third-order valence-corrected chi connectivity index (χ3v) is 8.41. The molecule has 0 aliphatic carbocycles. The molecule has 230 valence electrons. The van der Waals surface area contributed by atoms with E-state index in [9.17, 15) is 19.2 Å². The van der Waals surface area contributed by atoms with Crippen molar-refractivity contribution in [2.24, 2.45) is 10.2 Å². The molecule has 2 aromatic heterocycles. The van der Waals surface area contributed by atoms with Gasteiger partial charge in [-0.15, -0.1) is 22.7 Å². The SMILES string of the molecule is C/C(=N\NC(=O)c1ccc(C(=O)N/N=C(\C)c2ccc(NC(=O)c3cccs3)cc2)cc1)c1ccc(NC(=O)c2cccs2)cc1. The van der Waals surface area contributed by atoms with Crippen molar-refractivity contribution in [1.29, 1.82) is 0 Å². The van der Waals surface area contributed by atoms with Crippen molar-refractivity contribution >= 4 is 69.1 Å². The third-order valence-electron chi connectivity index (χ3n) is 6.67. The molecule has 4 amide bonds. The van der Waals surface area contributed by atoms with Gasteiger partial charge in [0.25, 0.3) is 23.6 Å². The van der Waals surface area contributed by atoms with E-state index in [1.54, 1.807) is 74.5 Å². The highest BCUT2D eigenvalue weighted by Gasteiger charge is 2.11. The van der Waals surface area contributed by atoms with Crippen LogP contribution in [0.4, 0.5) is 11.4 Å². The molecule has 0 spiro atoms. The number of hydrazone groups is 2. The Balaban J connectivity index is 1.11. The van der Waals surface area contributed by atoms with Crippen molar-refractivity contribution in [3.8, 4) is 0 Å². The van der Waals surface area contributed by atoms with Crippen molar-refractivity contribution in [3.05, 3.63) is 140 Å². The number of amides is 4. The molecule has 10 nitrogen and oxygen atoms in total. The lowest BCUT2D eigenvalue weighted by Gasteiger charge is -2.07. The third kappa shape index (κ3) is 8.25. The molecule has 0 saturated carbocycles. The fourth-order valence-electron chi connectivity index (χ4n) is 4.09. The van der Waals surface area contributed by atoms with Gasteiger partial charge < -0.3 is 10.6 Å². The maximum absolute atomic E-state index is 12.7. The Labute approximate surface area is 272 Å². The summed E-state index contributed by atoms with van der Waals surface area (Å²) in [5.41, 5.74) is 9.69. The van der Waals surface area contributed by atoms with Crippen molar-refractivity contribution in [2.75, 3.05) is 10.6 Å². The number of hydrogen-bond donors (Lipinski definition) is 4. The lowest BCUT2D eigenvalue weighted by atomic mass is 10.1. The smallest absolute Gasteiger partial charge is 0.271 e. The first kappa shape index (κ1) is 31.7. The quantitative estimate of drug-likeness (QED) is 0.0998. The lowest BCUT2D eigenvalue weighted by Crippen LogP contribution is -2.21. The number of anilines is 2. The molecule has 0 atom stereocenters. The van der Waals surface area contributed by atoms with E-state index in [-0.39, 0.29) is 11.8 Å². The zero-order valence-electron chi connectivity index (χ0n) is 24.7. The monoisotopic (exact) mass is 648 g/mol. The fourth-order valence-corrected chi connectivity index (χ4v) is 5.33. The average molecular weight is 649 g/mol. The summed E-state index contributed by atoms with van der Waals surface area (Å²) in [6.07, 6.45) is 0. The van der Waals surface area contributed by atoms with E-state index in [4.69, 9.17) is 0 Å². The summed E-state index contributed by atoms with van der Waals surface area (Å²) in [5.74, 6) is -1.22. The van der Waals surface area contributed by atoms with Crippen LogP contribution in [-0.2, 0) is 0 Å². The van der Waals surface area contributed by atoms with Crippen LogP contribution in [0.5, 0.6) is 0 Å². The Hall–Kier alpha value is -5.72. The van der Waals surface area contributed by atoms with E-state index >= 15 is 0 Å². The molecule has 0 bridgehead atoms. The summed E-state index contributed by atoms with van der Waals surface area (Å²) in [5, 5.41) is 17.7. The van der Waals surface area contributed by atoms with Gasteiger partial charge in [-0.05, 0) is 96.4 Å². The maximum atomic E-state index is 12.7. The van der Waals surface area contributed by atoms with Crippen molar-refractivity contribution in [3.63, 3.8) is 0 Å². The summed E-state index contributed by atoms with van der Waals surface area (Å²) >= 11 is 2.73. The molecule has 12 heteroatoms. The van der Waals surface area contributed by atoms with Crippen LogP contribution in [0, 0.1) is 0 Å². The number of carbonyl (C=O) groups excluding carboxylic acids is 4. The minimum Gasteiger partial charge on any atom is -0.321 e. The van der Waals surface area contributed by atoms with E-state index in [2.05, 4.69) is 31.7 Å². The zero-order chi connectivity index (χ0) is 32.5. The molecule has 0 aliphatic rings. The second kappa shape index (κ2) is 14.8. The Kier molecular flexibility index (Phi) is 10.2. The van der Waals surface area contributed by atoms with Crippen LogP contribution in [0.25, 0.3) is 0 Å². The number of carbonyl (C=O) groups is 4. The van der Waals surface area contributed by atoms with Gasteiger partial charge in [-0.25, -0.2) is 10.9 Å². The summed E-state index contributed by atoms with van der Waals surface area (Å²) in [4.78, 5) is 51.0. The van der Waals surface area contributed by atoms with Gasteiger partial charge in [-0.2, -0.15) is 10.2 Å². The second-order valence-electron chi connectivity index (χ2n) is 9.87. The van der Waals surface area contributed by atoms with Gasteiger partial charge in [0.2, 0.25) is 0 Å². The molecule has 0 fully saturated rings. The van der Waals surface area contributed by atoms with Crippen molar-refractivity contribution in [2.45, 2.75) is 13.8 Å². The molecular formula is C34H28N6O4S2. The highest BCUT2D eigenvalue weighted by molar-refractivity contribution is 7.12. The zero-order valence-corrected chi connectivity index (χ0v) is 26.4. The number of benzene rings is 3. The summed E-state index contributed by atoms with van der Waals surface area (Å²) < 4.78 is 0. The normalized spacial score (nSPS) is 11.4. The molecule has 4 N–H and O–H groups in total. The van der Waals surface area contributed by atoms with E-state index in [1.807, 2.05) is 22.9 Å². The van der Waals surface area contributed by atoms with E-state index < -0.39 is 11.8 Å². The Morgan fingerprint density at radius 1 is 0.478 bits per heavy atom. The van der Waals surface area contributed by atoms with Crippen molar-refractivity contribution < 1.29 is 19.2 Å². The van der Waals surface area contributed by atoms with Crippen LogP contribution >= 0.6 is 22.7 Å². The van der Waals surface area contributed by atoms with Crippen LogP contribution in [0.2, 0.25) is 0 Å². The first-order valence-electron chi connectivity index (χ1n) is 14.0. The predicted octanol–water partition coefficient (Wildman–Crippen LogP) is 6.62. The standard InChI is InChI=1S/C34H28N6O4S2/c1-21(23-11-15-27(16-12-23)35-33(43)29-5-3-19-45-29)37-39-31(41)25-7-9-26(10-8-25)32(42)40-38-22(2)24-13-17-28(18-14-24)36-34(44)30-6-4-20-46-30/h3-20H,1-2H3,(H,35,43)(H,36,44)(H,39,41)(H,40,42)/b37-21+,38-22+. The molecular weight excluding hydrogens is 621 g/mol. The number of hydrogen-bond acceptors (Lipinski definition) is 8. The largest absolute Gasteiger partial charge is 0.321 e. The van der Waals surface area contributed by atoms with Gasteiger partial charge in [0.05, 0.1) is 21.2 Å². The summed E-state index contributed by atoms with van der Waals surface area (Å²) in [6.45, 7) is 3.52. The predicted molar refractivity (Wildman–Crippen MR) is 183 cm³/mol. The van der Waals surface area contributed by atoms with Crippen LogP contribution in [0.1, 0.15) is 65.0 Å². The summed E-state index contributed by atoms with van der Waals surface area (Å²) in [7, 11) is 0. The highest BCUT2D eigenvalue weighted by Crippen LogP contribution is 2.16. The van der Waals surface area contributed by atoms with E-state index in [0.717, 1.165) is 11.1 Å².